The molecule has 1 atom stereocenters. The fraction of sp³-hybridized carbons (Fsp3) is 0.316. The standard InChI is InChI=1S/C19H20N6O2/c1-27-16-9-7-14(8-10-16)19(26)24-12-4-5-15(24)13-25-22-18(21-23-25)17-6-2-3-11-20-17/h2-3,6-11,15H,4-5,12-13H2,1H3/t15-/m0/s1. The van der Waals surface area contributed by atoms with E-state index in [-0.39, 0.29) is 11.9 Å². The lowest BCUT2D eigenvalue weighted by Gasteiger charge is -2.24. The topological polar surface area (TPSA) is 86.0 Å². The molecule has 0 unspecified atom stereocenters. The number of hydrogen-bond donors (Lipinski definition) is 0. The maximum Gasteiger partial charge on any atom is 0.254 e. The maximum absolute atomic E-state index is 12.9. The van der Waals surface area contributed by atoms with Gasteiger partial charge in [-0.2, -0.15) is 4.80 Å². The molecule has 1 aliphatic rings. The van der Waals surface area contributed by atoms with Gasteiger partial charge in [0.05, 0.1) is 19.7 Å². The van der Waals surface area contributed by atoms with Crippen LogP contribution in [0.3, 0.4) is 0 Å². The zero-order valence-corrected chi connectivity index (χ0v) is 15.0. The van der Waals surface area contributed by atoms with Crippen molar-refractivity contribution >= 4 is 5.91 Å². The summed E-state index contributed by atoms with van der Waals surface area (Å²) in [6.45, 7) is 1.25. The molecule has 1 aromatic carbocycles. The number of carbonyl (C=O) groups excluding carboxylic acids is 1. The Morgan fingerprint density at radius 3 is 2.81 bits per heavy atom. The van der Waals surface area contributed by atoms with Crippen LogP contribution in [0.2, 0.25) is 0 Å². The van der Waals surface area contributed by atoms with Gasteiger partial charge in [-0.1, -0.05) is 6.07 Å². The van der Waals surface area contributed by atoms with E-state index in [4.69, 9.17) is 4.74 Å². The number of methoxy groups -OCH3 is 1. The fourth-order valence-corrected chi connectivity index (χ4v) is 3.30. The van der Waals surface area contributed by atoms with Gasteiger partial charge in [-0.3, -0.25) is 9.78 Å². The van der Waals surface area contributed by atoms with Crippen LogP contribution in [-0.2, 0) is 6.54 Å². The van der Waals surface area contributed by atoms with Crippen LogP contribution in [0.5, 0.6) is 5.75 Å². The minimum absolute atomic E-state index is 0.0187. The highest BCUT2D eigenvalue weighted by Crippen LogP contribution is 2.22. The Labute approximate surface area is 156 Å². The first-order chi connectivity index (χ1) is 13.2. The summed E-state index contributed by atoms with van der Waals surface area (Å²) in [5, 5.41) is 12.6. The molecule has 8 nitrogen and oxygen atoms in total. The van der Waals surface area contributed by atoms with E-state index in [1.807, 2.05) is 23.1 Å². The lowest BCUT2D eigenvalue weighted by Crippen LogP contribution is -2.38. The number of benzene rings is 1. The van der Waals surface area contributed by atoms with Gasteiger partial charge in [-0.05, 0) is 54.5 Å². The van der Waals surface area contributed by atoms with Crippen LogP contribution in [0.25, 0.3) is 11.5 Å². The Hall–Kier alpha value is -3.29. The van der Waals surface area contributed by atoms with E-state index in [0.717, 1.165) is 25.1 Å². The zero-order chi connectivity index (χ0) is 18.6. The van der Waals surface area contributed by atoms with Crippen LogP contribution in [0, 0.1) is 0 Å². The van der Waals surface area contributed by atoms with Gasteiger partial charge in [0, 0.05) is 18.3 Å². The maximum atomic E-state index is 12.9. The molecule has 138 valence electrons. The van der Waals surface area contributed by atoms with Crippen molar-refractivity contribution in [3.05, 3.63) is 54.2 Å². The smallest absolute Gasteiger partial charge is 0.254 e. The minimum atomic E-state index is 0.0187. The molecular formula is C19H20N6O2. The largest absolute Gasteiger partial charge is 0.497 e. The first kappa shape index (κ1) is 17.1. The van der Waals surface area contributed by atoms with Crippen molar-refractivity contribution in [3.8, 4) is 17.3 Å². The number of tetrazole rings is 1. The molecule has 0 spiro atoms. The van der Waals surface area contributed by atoms with Crippen LogP contribution in [0.1, 0.15) is 23.2 Å². The highest BCUT2D eigenvalue weighted by atomic mass is 16.5. The zero-order valence-electron chi connectivity index (χ0n) is 15.0. The molecule has 27 heavy (non-hydrogen) atoms. The van der Waals surface area contributed by atoms with Gasteiger partial charge in [0.25, 0.3) is 5.91 Å². The summed E-state index contributed by atoms with van der Waals surface area (Å²) in [6.07, 6.45) is 3.58. The molecule has 3 heterocycles. The van der Waals surface area contributed by atoms with Crippen LogP contribution in [0.4, 0.5) is 0 Å². The number of hydrogen-bond acceptors (Lipinski definition) is 6. The Morgan fingerprint density at radius 1 is 1.22 bits per heavy atom. The Morgan fingerprint density at radius 2 is 2.07 bits per heavy atom. The van der Waals surface area contributed by atoms with E-state index < -0.39 is 0 Å². The third-order valence-electron chi connectivity index (χ3n) is 4.70. The summed E-state index contributed by atoms with van der Waals surface area (Å²) in [4.78, 5) is 20.6. The van der Waals surface area contributed by atoms with E-state index in [1.165, 1.54) is 0 Å². The molecule has 3 aromatic rings. The fourth-order valence-electron chi connectivity index (χ4n) is 3.30. The van der Waals surface area contributed by atoms with Crippen molar-refractivity contribution in [3.63, 3.8) is 0 Å². The van der Waals surface area contributed by atoms with Crippen LogP contribution < -0.4 is 4.74 Å². The van der Waals surface area contributed by atoms with Crippen molar-refractivity contribution in [1.29, 1.82) is 0 Å². The number of carbonyl (C=O) groups is 1. The highest BCUT2D eigenvalue weighted by molar-refractivity contribution is 5.94. The quantitative estimate of drug-likeness (QED) is 0.689. The number of likely N-dealkylation sites (tertiary alicyclic amines) is 1. The van der Waals surface area contributed by atoms with Gasteiger partial charge in [0.2, 0.25) is 5.82 Å². The molecule has 8 heteroatoms. The van der Waals surface area contributed by atoms with E-state index >= 15 is 0 Å². The molecule has 0 N–H and O–H groups in total. The first-order valence-corrected chi connectivity index (χ1v) is 8.89. The van der Waals surface area contributed by atoms with E-state index in [2.05, 4.69) is 20.4 Å². The normalized spacial score (nSPS) is 16.5. The second-order valence-corrected chi connectivity index (χ2v) is 6.41. The average Bonchev–Trinajstić information content (AvgIpc) is 3.38. The summed E-state index contributed by atoms with van der Waals surface area (Å²) in [7, 11) is 1.61. The molecule has 0 radical (unpaired) electrons. The molecule has 1 amide bonds. The average molecular weight is 364 g/mol. The molecule has 0 bridgehead atoms. The van der Waals surface area contributed by atoms with Crippen LogP contribution in [-0.4, -0.2) is 55.7 Å². The predicted octanol–water partition coefficient (Wildman–Crippen LogP) is 2.05. The summed E-state index contributed by atoms with van der Waals surface area (Å²) in [5.74, 6) is 1.24. The summed E-state index contributed by atoms with van der Waals surface area (Å²) in [5.41, 5.74) is 1.34. The third kappa shape index (κ3) is 3.64. The summed E-state index contributed by atoms with van der Waals surface area (Å²) < 4.78 is 5.16. The second-order valence-electron chi connectivity index (χ2n) is 6.41. The number of nitrogens with zero attached hydrogens (tertiary/aromatic N) is 6. The van der Waals surface area contributed by atoms with Crippen molar-refractivity contribution in [1.82, 2.24) is 30.1 Å². The Kier molecular flexibility index (Phi) is 4.78. The number of ether oxygens (including phenoxy) is 1. The van der Waals surface area contributed by atoms with E-state index in [1.54, 1.807) is 42.4 Å². The second kappa shape index (κ2) is 7.53. The molecule has 1 fully saturated rings. The molecule has 4 rings (SSSR count). The number of pyridine rings is 1. The summed E-state index contributed by atoms with van der Waals surface area (Å²) >= 11 is 0. The van der Waals surface area contributed by atoms with E-state index in [0.29, 0.717) is 23.6 Å². The van der Waals surface area contributed by atoms with Gasteiger partial charge in [0.1, 0.15) is 11.4 Å². The Bertz CT molecular complexity index is 909. The first-order valence-electron chi connectivity index (χ1n) is 8.89. The van der Waals surface area contributed by atoms with Crippen LogP contribution >= 0.6 is 0 Å². The van der Waals surface area contributed by atoms with Gasteiger partial charge in [-0.15, -0.1) is 10.2 Å². The third-order valence-corrected chi connectivity index (χ3v) is 4.70. The van der Waals surface area contributed by atoms with Crippen molar-refractivity contribution in [2.45, 2.75) is 25.4 Å². The number of amides is 1. The van der Waals surface area contributed by atoms with Crippen LogP contribution in [0.15, 0.2) is 48.7 Å². The van der Waals surface area contributed by atoms with Crippen molar-refractivity contribution < 1.29 is 9.53 Å². The van der Waals surface area contributed by atoms with Gasteiger partial charge in [0.15, 0.2) is 0 Å². The lowest BCUT2D eigenvalue weighted by molar-refractivity contribution is 0.0718. The molecule has 1 saturated heterocycles. The van der Waals surface area contributed by atoms with Gasteiger partial charge < -0.3 is 9.64 Å². The monoisotopic (exact) mass is 364 g/mol. The molecular weight excluding hydrogens is 344 g/mol. The minimum Gasteiger partial charge on any atom is -0.497 e. The lowest BCUT2D eigenvalue weighted by atomic mass is 10.1. The van der Waals surface area contributed by atoms with Gasteiger partial charge in [-0.25, -0.2) is 0 Å². The number of aromatic nitrogens is 5. The SMILES string of the molecule is COc1ccc(C(=O)N2CCC[C@H]2Cn2nnc(-c3ccccn3)n2)cc1. The predicted molar refractivity (Wildman–Crippen MR) is 98.1 cm³/mol. The van der Waals surface area contributed by atoms with Crippen molar-refractivity contribution in [2.24, 2.45) is 0 Å². The molecule has 1 aliphatic heterocycles. The Balaban J connectivity index is 1.47. The molecule has 0 saturated carbocycles. The molecule has 2 aromatic heterocycles. The summed E-state index contributed by atoms with van der Waals surface area (Å²) in [6, 6.07) is 12.8. The highest BCUT2D eigenvalue weighted by Gasteiger charge is 2.30. The van der Waals surface area contributed by atoms with Gasteiger partial charge >= 0.3 is 0 Å². The molecule has 0 aliphatic carbocycles. The van der Waals surface area contributed by atoms with Crippen molar-refractivity contribution in [2.75, 3.05) is 13.7 Å². The van der Waals surface area contributed by atoms with E-state index in [9.17, 15) is 4.79 Å². The number of rotatable bonds is 5.